The summed E-state index contributed by atoms with van der Waals surface area (Å²) in [5.74, 6) is 0.451. The minimum Gasteiger partial charge on any atom is -0.490 e. The van der Waals surface area contributed by atoms with E-state index >= 15 is 0 Å². The second-order valence-electron chi connectivity index (χ2n) is 9.48. The van der Waals surface area contributed by atoms with Crippen molar-refractivity contribution in [1.82, 2.24) is 9.78 Å². The maximum absolute atomic E-state index is 13.0. The van der Waals surface area contributed by atoms with Crippen molar-refractivity contribution in [3.05, 3.63) is 71.0 Å². The third kappa shape index (κ3) is 4.92. The molecule has 2 amide bonds. The molecule has 7 heteroatoms. The highest BCUT2D eigenvalue weighted by Crippen LogP contribution is 2.36. The van der Waals surface area contributed by atoms with Gasteiger partial charge >= 0.3 is 0 Å². The number of rotatable bonds is 4. The van der Waals surface area contributed by atoms with E-state index in [0.29, 0.717) is 42.4 Å². The van der Waals surface area contributed by atoms with Crippen LogP contribution < -0.4 is 15.0 Å². The Hall–Kier alpha value is -3.61. The molecular weight excluding hydrogens is 416 g/mol. The van der Waals surface area contributed by atoms with E-state index in [4.69, 9.17) is 4.74 Å². The zero-order chi connectivity index (χ0) is 23.8. The SMILES string of the molecule is Cc1cc(C)n(Cc2cccc(C(=O)Nc3ccc4c(c3)N(C(=O)C(C)(C)C)CCO4)c2)n1. The fraction of sp³-hybridized carbons (Fsp3) is 0.346. The molecule has 3 aromatic rings. The van der Waals surface area contributed by atoms with E-state index in [0.717, 1.165) is 17.0 Å². The summed E-state index contributed by atoms with van der Waals surface area (Å²) >= 11 is 0. The number of benzene rings is 2. The first-order chi connectivity index (χ1) is 15.6. The summed E-state index contributed by atoms with van der Waals surface area (Å²) in [7, 11) is 0. The highest BCUT2D eigenvalue weighted by atomic mass is 16.5. The van der Waals surface area contributed by atoms with Crippen LogP contribution in [0.2, 0.25) is 0 Å². The second kappa shape index (κ2) is 8.73. The number of carbonyl (C=O) groups excluding carboxylic acids is 2. The Bertz CT molecular complexity index is 1210. The molecule has 7 nitrogen and oxygen atoms in total. The molecule has 33 heavy (non-hydrogen) atoms. The quantitative estimate of drug-likeness (QED) is 0.637. The van der Waals surface area contributed by atoms with Crippen molar-refractivity contribution in [2.24, 2.45) is 5.41 Å². The first-order valence-corrected chi connectivity index (χ1v) is 11.1. The number of nitrogens with zero attached hydrogens (tertiary/aromatic N) is 3. The van der Waals surface area contributed by atoms with Crippen LogP contribution in [-0.4, -0.2) is 34.7 Å². The van der Waals surface area contributed by atoms with Crippen molar-refractivity contribution < 1.29 is 14.3 Å². The van der Waals surface area contributed by atoms with Crippen LogP contribution in [0.3, 0.4) is 0 Å². The predicted octanol–water partition coefficient (Wildman–Crippen LogP) is 4.57. The minimum absolute atomic E-state index is 0.0207. The minimum atomic E-state index is -0.514. The van der Waals surface area contributed by atoms with Gasteiger partial charge in [0.2, 0.25) is 5.91 Å². The number of anilines is 2. The summed E-state index contributed by atoms with van der Waals surface area (Å²) in [6, 6.07) is 15.0. The smallest absolute Gasteiger partial charge is 0.255 e. The van der Waals surface area contributed by atoms with Crippen LogP contribution in [0, 0.1) is 19.3 Å². The van der Waals surface area contributed by atoms with Crippen LogP contribution >= 0.6 is 0 Å². The van der Waals surface area contributed by atoms with Gasteiger partial charge < -0.3 is 15.0 Å². The topological polar surface area (TPSA) is 76.5 Å². The van der Waals surface area contributed by atoms with E-state index in [-0.39, 0.29) is 11.8 Å². The number of fused-ring (bicyclic) bond motifs is 1. The molecule has 1 aliphatic heterocycles. The number of amides is 2. The van der Waals surface area contributed by atoms with Gasteiger partial charge in [0.15, 0.2) is 0 Å². The summed E-state index contributed by atoms with van der Waals surface area (Å²) in [5.41, 5.74) is 4.38. The van der Waals surface area contributed by atoms with Crippen LogP contribution in [0.4, 0.5) is 11.4 Å². The predicted molar refractivity (Wildman–Crippen MR) is 129 cm³/mol. The number of nitrogens with one attached hydrogen (secondary N) is 1. The molecule has 4 rings (SSSR count). The van der Waals surface area contributed by atoms with Gasteiger partial charge in [0.05, 0.1) is 24.5 Å². The summed E-state index contributed by atoms with van der Waals surface area (Å²) in [5, 5.41) is 7.46. The standard InChI is InChI=1S/C26H30N4O3/c1-17-13-18(2)30(28-17)16-19-7-6-8-20(14-19)24(31)27-21-9-10-23-22(15-21)29(11-12-33-23)25(32)26(3,4)5/h6-10,13-15H,11-12,16H2,1-5H3,(H,27,31). The number of aryl methyl sites for hydroxylation is 2. The highest BCUT2D eigenvalue weighted by molar-refractivity contribution is 6.05. The molecule has 1 aliphatic rings. The zero-order valence-electron chi connectivity index (χ0n) is 19.8. The van der Waals surface area contributed by atoms with Crippen molar-refractivity contribution in [3.63, 3.8) is 0 Å². The van der Waals surface area contributed by atoms with E-state index in [1.807, 2.05) is 63.6 Å². The number of carbonyl (C=O) groups is 2. The van der Waals surface area contributed by atoms with Crippen molar-refractivity contribution in [3.8, 4) is 5.75 Å². The molecule has 0 atom stereocenters. The van der Waals surface area contributed by atoms with E-state index in [9.17, 15) is 9.59 Å². The molecule has 0 unspecified atom stereocenters. The lowest BCUT2D eigenvalue weighted by molar-refractivity contribution is -0.126. The van der Waals surface area contributed by atoms with E-state index in [1.54, 1.807) is 29.2 Å². The van der Waals surface area contributed by atoms with Gasteiger partial charge in [0.1, 0.15) is 12.4 Å². The Morgan fingerprint density at radius 1 is 1.09 bits per heavy atom. The first kappa shape index (κ1) is 22.6. The maximum Gasteiger partial charge on any atom is 0.255 e. The Morgan fingerprint density at radius 2 is 1.88 bits per heavy atom. The van der Waals surface area contributed by atoms with Crippen LogP contribution in [0.25, 0.3) is 0 Å². The van der Waals surface area contributed by atoms with E-state index in [2.05, 4.69) is 10.4 Å². The number of hydrogen-bond acceptors (Lipinski definition) is 4. The van der Waals surface area contributed by atoms with Crippen LogP contribution in [0.1, 0.15) is 48.1 Å². The van der Waals surface area contributed by atoms with E-state index < -0.39 is 5.41 Å². The second-order valence-corrected chi connectivity index (χ2v) is 9.48. The lowest BCUT2D eigenvalue weighted by Crippen LogP contribution is -2.44. The Morgan fingerprint density at radius 3 is 2.58 bits per heavy atom. The van der Waals surface area contributed by atoms with E-state index in [1.165, 1.54) is 0 Å². The Balaban J connectivity index is 1.53. The molecule has 2 heterocycles. The third-order valence-electron chi connectivity index (χ3n) is 5.59. The summed E-state index contributed by atoms with van der Waals surface area (Å²) in [6.45, 7) is 11.2. The maximum atomic E-state index is 13.0. The molecular formula is C26H30N4O3. The molecule has 2 aromatic carbocycles. The zero-order valence-corrected chi connectivity index (χ0v) is 19.8. The first-order valence-electron chi connectivity index (χ1n) is 11.1. The average molecular weight is 447 g/mol. The molecule has 0 aliphatic carbocycles. The monoisotopic (exact) mass is 446 g/mol. The van der Waals surface area contributed by atoms with Crippen LogP contribution in [0.5, 0.6) is 5.75 Å². The van der Waals surface area contributed by atoms with Crippen LogP contribution in [0.15, 0.2) is 48.5 Å². The van der Waals surface area contributed by atoms with Gasteiger partial charge in [-0.15, -0.1) is 0 Å². The molecule has 0 fully saturated rings. The summed E-state index contributed by atoms with van der Waals surface area (Å²) < 4.78 is 7.66. The molecule has 0 saturated heterocycles. The molecule has 0 spiro atoms. The lowest BCUT2D eigenvalue weighted by Gasteiger charge is -2.34. The van der Waals surface area contributed by atoms with Gasteiger partial charge in [0.25, 0.3) is 5.91 Å². The van der Waals surface area contributed by atoms with Crippen molar-refractivity contribution in [2.45, 2.75) is 41.2 Å². The summed E-state index contributed by atoms with van der Waals surface area (Å²) in [4.78, 5) is 27.7. The number of hydrogen-bond donors (Lipinski definition) is 1. The summed E-state index contributed by atoms with van der Waals surface area (Å²) in [6.07, 6.45) is 0. The third-order valence-corrected chi connectivity index (χ3v) is 5.59. The van der Waals surface area contributed by atoms with Crippen molar-refractivity contribution in [2.75, 3.05) is 23.4 Å². The average Bonchev–Trinajstić information content (AvgIpc) is 3.08. The Kier molecular flexibility index (Phi) is 5.97. The number of aromatic nitrogens is 2. The molecule has 0 saturated carbocycles. The molecule has 0 bridgehead atoms. The van der Waals surface area contributed by atoms with Crippen molar-refractivity contribution >= 4 is 23.2 Å². The molecule has 1 N–H and O–H groups in total. The fourth-order valence-corrected chi connectivity index (χ4v) is 3.93. The van der Waals surface area contributed by atoms with Gasteiger partial charge in [-0.1, -0.05) is 32.9 Å². The normalized spacial score (nSPS) is 13.3. The van der Waals surface area contributed by atoms with Gasteiger partial charge in [-0.2, -0.15) is 5.10 Å². The molecule has 172 valence electrons. The van der Waals surface area contributed by atoms with Gasteiger partial charge in [-0.25, -0.2) is 0 Å². The Labute approximate surface area is 194 Å². The van der Waals surface area contributed by atoms with Crippen LogP contribution in [-0.2, 0) is 11.3 Å². The van der Waals surface area contributed by atoms with Gasteiger partial charge in [0, 0.05) is 22.4 Å². The molecule has 1 aromatic heterocycles. The van der Waals surface area contributed by atoms with Gasteiger partial charge in [-0.05, 0) is 55.8 Å². The highest BCUT2D eigenvalue weighted by Gasteiger charge is 2.32. The number of ether oxygens (including phenoxy) is 1. The van der Waals surface area contributed by atoms with Crippen molar-refractivity contribution in [1.29, 1.82) is 0 Å². The lowest BCUT2D eigenvalue weighted by atomic mass is 9.94. The molecule has 0 radical (unpaired) electrons. The fourth-order valence-electron chi connectivity index (χ4n) is 3.93. The largest absolute Gasteiger partial charge is 0.490 e. The van der Waals surface area contributed by atoms with Gasteiger partial charge in [-0.3, -0.25) is 14.3 Å².